The van der Waals surface area contributed by atoms with E-state index in [-0.39, 0.29) is 11.9 Å². The quantitative estimate of drug-likeness (QED) is 0.339. The Morgan fingerprint density at radius 1 is 0.970 bits per heavy atom. The van der Waals surface area contributed by atoms with Gasteiger partial charge in [0, 0.05) is 28.5 Å². The molecule has 0 saturated heterocycles. The molecule has 3 aromatic carbocycles. The van der Waals surface area contributed by atoms with Crippen molar-refractivity contribution in [2.45, 2.75) is 33.2 Å². The number of carbonyl (C=O) groups excluding carboxylic acids is 1. The number of carbonyl (C=O) groups is 1. The Morgan fingerprint density at radius 2 is 1.76 bits per heavy atom. The van der Waals surface area contributed by atoms with Gasteiger partial charge >= 0.3 is 0 Å². The molecule has 1 aliphatic heterocycles. The summed E-state index contributed by atoms with van der Waals surface area (Å²) in [5.41, 5.74) is 8.97. The molecule has 0 saturated carbocycles. The van der Waals surface area contributed by atoms with Gasteiger partial charge in [-0.2, -0.15) is 0 Å². The lowest BCUT2D eigenvalue weighted by Crippen LogP contribution is -2.40. The third kappa shape index (κ3) is 3.17. The third-order valence-electron chi connectivity index (χ3n) is 6.90. The molecule has 164 valence electrons. The largest absolute Gasteiger partial charge is 0.451 e. The summed E-state index contributed by atoms with van der Waals surface area (Å²) in [6, 6.07) is 22.6. The van der Waals surface area contributed by atoms with Crippen LogP contribution in [0.2, 0.25) is 0 Å². The summed E-state index contributed by atoms with van der Waals surface area (Å²) >= 11 is 0. The molecule has 1 atom stereocenters. The van der Waals surface area contributed by atoms with Gasteiger partial charge in [-0.25, -0.2) is 0 Å². The lowest BCUT2D eigenvalue weighted by Gasteiger charge is -2.36. The van der Waals surface area contributed by atoms with E-state index in [0.29, 0.717) is 12.3 Å². The van der Waals surface area contributed by atoms with E-state index in [1.165, 1.54) is 22.1 Å². The Bertz CT molecular complexity index is 1540. The molecule has 4 nitrogen and oxygen atoms in total. The molecular weight excluding hydrogens is 408 g/mol. The van der Waals surface area contributed by atoms with Gasteiger partial charge in [0.1, 0.15) is 5.58 Å². The lowest BCUT2D eigenvalue weighted by molar-refractivity contribution is 0.0661. The van der Waals surface area contributed by atoms with Crippen LogP contribution in [0.25, 0.3) is 21.9 Å². The number of para-hydroxylation sites is 1. The van der Waals surface area contributed by atoms with Crippen molar-refractivity contribution < 1.29 is 9.21 Å². The fraction of sp³-hybridized carbons (Fsp3) is 0.207. The van der Waals surface area contributed by atoms with E-state index < -0.39 is 0 Å². The van der Waals surface area contributed by atoms with Gasteiger partial charge in [0.15, 0.2) is 5.76 Å². The standard InChI is InChI=1S/C29H26N2O2/c1-17-8-10-21(19(3)14-17)28-27-23(22-6-4-5-7-24(22)30-27)12-13-31(28)29(32)26-16-20-15-18(2)9-11-25(20)33-26/h4-11,14-16,28,30H,12-13H2,1-3H3. The second-order valence-electron chi connectivity index (χ2n) is 9.23. The summed E-state index contributed by atoms with van der Waals surface area (Å²) < 4.78 is 6.02. The van der Waals surface area contributed by atoms with Crippen LogP contribution in [0, 0.1) is 20.8 Å². The van der Waals surface area contributed by atoms with E-state index in [1.54, 1.807) is 0 Å². The molecule has 0 radical (unpaired) electrons. The first-order valence-electron chi connectivity index (χ1n) is 11.5. The normalized spacial score (nSPS) is 15.8. The molecule has 1 amide bonds. The van der Waals surface area contributed by atoms with Crippen LogP contribution in [-0.2, 0) is 6.42 Å². The molecular formula is C29H26N2O2. The Labute approximate surface area is 192 Å². The SMILES string of the molecule is Cc1ccc(C2c3[nH]c4ccccc4c3CCN2C(=O)c2cc3cc(C)ccc3o2)c(C)c1. The van der Waals surface area contributed by atoms with Crippen LogP contribution in [0.1, 0.15) is 50.1 Å². The Balaban J connectivity index is 1.51. The third-order valence-corrected chi connectivity index (χ3v) is 6.90. The first kappa shape index (κ1) is 19.9. The van der Waals surface area contributed by atoms with E-state index in [0.717, 1.165) is 39.7 Å². The predicted molar refractivity (Wildman–Crippen MR) is 132 cm³/mol. The highest BCUT2D eigenvalue weighted by atomic mass is 16.3. The Kier molecular flexibility index (Phi) is 4.44. The molecule has 33 heavy (non-hydrogen) atoms. The number of fused-ring (bicyclic) bond motifs is 4. The highest BCUT2D eigenvalue weighted by Crippen LogP contribution is 2.40. The van der Waals surface area contributed by atoms with Crippen LogP contribution in [0.3, 0.4) is 0 Å². The molecule has 5 aromatic rings. The van der Waals surface area contributed by atoms with E-state index in [9.17, 15) is 4.79 Å². The molecule has 1 unspecified atom stereocenters. The maximum absolute atomic E-state index is 13.9. The molecule has 1 N–H and O–H groups in total. The lowest BCUT2D eigenvalue weighted by atomic mass is 9.89. The topological polar surface area (TPSA) is 49.2 Å². The molecule has 1 aliphatic rings. The van der Waals surface area contributed by atoms with E-state index in [2.05, 4.69) is 67.4 Å². The second kappa shape index (κ2) is 7.38. The zero-order valence-corrected chi connectivity index (χ0v) is 19.1. The molecule has 0 spiro atoms. The van der Waals surface area contributed by atoms with Crippen molar-refractivity contribution in [2.24, 2.45) is 0 Å². The number of hydrogen-bond donors (Lipinski definition) is 1. The van der Waals surface area contributed by atoms with Crippen molar-refractivity contribution in [3.8, 4) is 0 Å². The van der Waals surface area contributed by atoms with Crippen molar-refractivity contribution in [3.63, 3.8) is 0 Å². The first-order valence-corrected chi connectivity index (χ1v) is 11.5. The van der Waals surface area contributed by atoms with Gasteiger partial charge in [0.2, 0.25) is 0 Å². The summed E-state index contributed by atoms with van der Waals surface area (Å²) in [4.78, 5) is 19.5. The molecule has 0 aliphatic carbocycles. The monoisotopic (exact) mass is 434 g/mol. The molecule has 2 aromatic heterocycles. The first-order chi connectivity index (χ1) is 16.0. The van der Waals surface area contributed by atoms with Gasteiger partial charge in [-0.15, -0.1) is 0 Å². The van der Waals surface area contributed by atoms with Crippen LogP contribution >= 0.6 is 0 Å². The number of furan rings is 1. The number of nitrogens with zero attached hydrogens (tertiary/aromatic N) is 1. The maximum atomic E-state index is 13.9. The fourth-order valence-corrected chi connectivity index (χ4v) is 5.33. The summed E-state index contributed by atoms with van der Waals surface area (Å²) in [5, 5.41) is 2.21. The van der Waals surface area contributed by atoms with Crippen LogP contribution in [0.5, 0.6) is 0 Å². The van der Waals surface area contributed by atoms with Crippen molar-refractivity contribution in [1.29, 1.82) is 0 Å². The zero-order chi connectivity index (χ0) is 22.7. The highest BCUT2D eigenvalue weighted by molar-refractivity contribution is 5.97. The predicted octanol–water partition coefficient (Wildman–Crippen LogP) is 6.63. The minimum atomic E-state index is -0.191. The van der Waals surface area contributed by atoms with Gasteiger partial charge < -0.3 is 14.3 Å². The van der Waals surface area contributed by atoms with E-state index in [1.807, 2.05) is 30.0 Å². The minimum absolute atomic E-state index is 0.0712. The number of amides is 1. The summed E-state index contributed by atoms with van der Waals surface area (Å²) in [7, 11) is 0. The number of aryl methyl sites for hydroxylation is 3. The number of H-pyrrole nitrogens is 1. The summed E-state index contributed by atoms with van der Waals surface area (Å²) in [5.74, 6) is 0.322. The average Bonchev–Trinajstić information content (AvgIpc) is 3.39. The average molecular weight is 435 g/mol. The van der Waals surface area contributed by atoms with E-state index in [4.69, 9.17) is 4.42 Å². The number of aromatic nitrogens is 1. The van der Waals surface area contributed by atoms with E-state index >= 15 is 0 Å². The van der Waals surface area contributed by atoms with Crippen molar-refractivity contribution in [3.05, 3.63) is 106 Å². The fourth-order valence-electron chi connectivity index (χ4n) is 5.33. The van der Waals surface area contributed by atoms with Gasteiger partial charge in [0.05, 0.1) is 6.04 Å². The Hall–Kier alpha value is -3.79. The van der Waals surface area contributed by atoms with Crippen molar-refractivity contribution in [2.75, 3.05) is 6.54 Å². The van der Waals surface area contributed by atoms with Crippen LogP contribution in [0.15, 0.2) is 71.1 Å². The highest BCUT2D eigenvalue weighted by Gasteiger charge is 2.36. The maximum Gasteiger partial charge on any atom is 0.290 e. The zero-order valence-electron chi connectivity index (χ0n) is 19.1. The van der Waals surface area contributed by atoms with Gasteiger partial charge in [-0.05, 0) is 68.1 Å². The number of nitrogens with one attached hydrogen (secondary N) is 1. The molecule has 0 fully saturated rings. The van der Waals surface area contributed by atoms with Gasteiger partial charge in [-0.3, -0.25) is 4.79 Å². The van der Waals surface area contributed by atoms with Gasteiger partial charge in [0.25, 0.3) is 5.91 Å². The van der Waals surface area contributed by atoms with Gasteiger partial charge in [-0.1, -0.05) is 53.6 Å². The van der Waals surface area contributed by atoms with Crippen LogP contribution in [0.4, 0.5) is 0 Å². The summed E-state index contributed by atoms with van der Waals surface area (Å²) in [6.07, 6.45) is 0.811. The minimum Gasteiger partial charge on any atom is -0.451 e. The number of rotatable bonds is 2. The van der Waals surface area contributed by atoms with Crippen LogP contribution < -0.4 is 0 Å². The Morgan fingerprint density at radius 3 is 2.61 bits per heavy atom. The second-order valence-corrected chi connectivity index (χ2v) is 9.23. The summed E-state index contributed by atoms with van der Waals surface area (Å²) in [6.45, 7) is 6.92. The molecule has 6 rings (SSSR count). The molecule has 3 heterocycles. The number of aromatic amines is 1. The smallest absolute Gasteiger partial charge is 0.290 e. The van der Waals surface area contributed by atoms with Crippen LogP contribution in [-0.4, -0.2) is 22.3 Å². The number of benzene rings is 3. The molecule has 0 bridgehead atoms. The van der Waals surface area contributed by atoms with Crippen molar-refractivity contribution >= 4 is 27.8 Å². The van der Waals surface area contributed by atoms with Crippen molar-refractivity contribution in [1.82, 2.24) is 9.88 Å². The number of hydrogen-bond acceptors (Lipinski definition) is 2. The molecule has 4 heteroatoms.